The van der Waals surface area contributed by atoms with Gasteiger partial charge in [0.1, 0.15) is 18.7 Å². The molecule has 12 heteroatoms. The summed E-state index contributed by atoms with van der Waals surface area (Å²) in [7, 11) is 2.91. The summed E-state index contributed by atoms with van der Waals surface area (Å²) >= 11 is 0. The highest BCUT2D eigenvalue weighted by Gasteiger charge is 2.28. The third-order valence-electron chi connectivity index (χ3n) is 6.13. The molecule has 12 nitrogen and oxygen atoms in total. The van der Waals surface area contributed by atoms with Gasteiger partial charge in [0, 0.05) is 32.9 Å². The second-order valence-corrected chi connectivity index (χ2v) is 8.97. The van der Waals surface area contributed by atoms with Gasteiger partial charge in [-0.1, -0.05) is 60.7 Å². The summed E-state index contributed by atoms with van der Waals surface area (Å²) in [6, 6.07) is 24.0. The number of benzene rings is 3. The summed E-state index contributed by atoms with van der Waals surface area (Å²) in [6.07, 6.45) is 0.0617. The first-order valence-corrected chi connectivity index (χ1v) is 12.7. The zero-order chi connectivity index (χ0) is 29.2. The molecule has 0 aliphatic rings. The van der Waals surface area contributed by atoms with E-state index in [1.807, 2.05) is 65.6 Å². The van der Waals surface area contributed by atoms with Crippen molar-refractivity contribution < 1.29 is 24.3 Å². The van der Waals surface area contributed by atoms with Crippen molar-refractivity contribution in [3.8, 4) is 5.75 Å². The molecule has 41 heavy (non-hydrogen) atoms. The Hall–Kier alpha value is -5.23. The van der Waals surface area contributed by atoms with Gasteiger partial charge in [-0.15, -0.1) is 0 Å². The number of nitrogens with zero attached hydrogens (tertiary/aromatic N) is 5. The molecule has 0 spiro atoms. The number of methoxy groups -OCH3 is 1. The molecule has 3 aromatic carbocycles. The monoisotopic (exact) mass is 558 g/mol. The van der Waals surface area contributed by atoms with Crippen LogP contribution < -0.4 is 19.9 Å². The zero-order valence-electron chi connectivity index (χ0n) is 22.6. The van der Waals surface area contributed by atoms with Gasteiger partial charge in [0.05, 0.1) is 17.2 Å². The SMILES string of the molecule is COCCOc1ccc(Nc2ncnc(N(Cc3ccccc3)Cc3ccccc3)c2[N+](=O)[O-])cc1N(C)C(=O)O. The number of rotatable bonds is 13. The number of carbonyl (C=O) groups is 1. The molecular formula is C29H30N6O6. The van der Waals surface area contributed by atoms with E-state index in [1.54, 1.807) is 12.1 Å². The molecular weight excluding hydrogens is 528 g/mol. The number of carboxylic acid groups (broad SMARTS) is 1. The summed E-state index contributed by atoms with van der Waals surface area (Å²) in [5.41, 5.74) is 2.21. The number of amides is 1. The van der Waals surface area contributed by atoms with Gasteiger partial charge in [0.15, 0.2) is 0 Å². The molecule has 1 aromatic heterocycles. The molecule has 0 atom stereocenters. The van der Waals surface area contributed by atoms with Gasteiger partial charge in [0.25, 0.3) is 0 Å². The van der Waals surface area contributed by atoms with E-state index in [4.69, 9.17) is 9.47 Å². The Kier molecular flexibility index (Phi) is 9.62. The van der Waals surface area contributed by atoms with Crippen molar-refractivity contribution in [2.24, 2.45) is 0 Å². The molecule has 0 aliphatic carbocycles. The number of aromatic nitrogens is 2. The van der Waals surface area contributed by atoms with Crippen molar-refractivity contribution in [3.63, 3.8) is 0 Å². The van der Waals surface area contributed by atoms with Crippen molar-refractivity contribution in [2.75, 3.05) is 42.5 Å². The maximum Gasteiger partial charge on any atom is 0.411 e. The van der Waals surface area contributed by atoms with Gasteiger partial charge in [-0.25, -0.2) is 14.8 Å². The Bertz CT molecular complexity index is 1430. The lowest BCUT2D eigenvalue weighted by Crippen LogP contribution is -2.25. The van der Waals surface area contributed by atoms with Gasteiger partial charge in [-0.3, -0.25) is 15.0 Å². The van der Waals surface area contributed by atoms with Crippen molar-refractivity contribution in [1.82, 2.24) is 9.97 Å². The van der Waals surface area contributed by atoms with E-state index >= 15 is 0 Å². The largest absolute Gasteiger partial charge is 0.489 e. The van der Waals surface area contributed by atoms with Crippen LogP contribution in [0.5, 0.6) is 5.75 Å². The molecule has 2 N–H and O–H groups in total. The maximum atomic E-state index is 12.4. The number of nitro groups is 1. The first-order chi connectivity index (χ1) is 19.9. The van der Waals surface area contributed by atoms with E-state index in [-0.39, 0.29) is 29.6 Å². The molecule has 0 saturated carbocycles. The van der Waals surface area contributed by atoms with Crippen molar-refractivity contribution in [2.45, 2.75) is 13.1 Å². The summed E-state index contributed by atoms with van der Waals surface area (Å²) in [5.74, 6) is 0.415. The average Bonchev–Trinajstić information content (AvgIpc) is 2.98. The predicted octanol–water partition coefficient (Wildman–Crippen LogP) is 5.47. The van der Waals surface area contributed by atoms with Crippen molar-refractivity contribution in [3.05, 3.63) is 106 Å². The molecule has 4 rings (SSSR count). The van der Waals surface area contributed by atoms with Gasteiger partial charge < -0.3 is 24.8 Å². The fraction of sp³-hybridized carbons (Fsp3) is 0.207. The van der Waals surface area contributed by atoms with Crippen LogP contribution in [-0.4, -0.2) is 53.5 Å². The maximum absolute atomic E-state index is 12.4. The number of nitrogens with one attached hydrogen (secondary N) is 1. The van der Waals surface area contributed by atoms with Crippen LogP contribution >= 0.6 is 0 Å². The molecule has 0 radical (unpaired) electrons. The Labute approximate surface area is 237 Å². The zero-order valence-corrected chi connectivity index (χ0v) is 22.6. The highest BCUT2D eigenvalue weighted by atomic mass is 16.6. The number of hydrogen-bond donors (Lipinski definition) is 2. The summed E-state index contributed by atoms with van der Waals surface area (Å²) in [6.45, 7) is 1.26. The highest BCUT2D eigenvalue weighted by molar-refractivity contribution is 5.89. The smallest absolute Gasteiger partial charge is 0.411 e. The summed E-state index contributed by atoms with van der Waals surface area (Å²) in [4.78, 5) is 35.0. The van der Waals surface area contributed by atoms with Crippen molar-refractivity contribution in [1.29, 1.82) is 0 Å². The number of ether oxygens (including phenoxy) is 2. The van der Waals surface area contributed by atoms with Gasteiger partial charge in [-0.05, 0) is 29.3 Å². The minimum atomic E-state index is -1.20. The van der Waals surface area contributed by atoms with Crippen LogP contribution in [-0.2, 0) is 17.8 Å². The lowest BCUT2D eigenvalue weighted by molar-refractivity contribution is -0.383. The molecule has 0 aliphatic heterocycles. The fourth-order valence-corrected chi connectivity index (χ4v) is 4.13. The molecule has 0 bridgehead atoms. The van der Waals surface area contributed by atoms with E-state index in [2.05, 4.69) is 15.3 Å². The van der Waals surface area contributed by atoms with Crippen LogP contribution in [0, 0.1) is 10.1 Å². The first-order valence-electron chi connectivity index (χ1n) is 12.7. The topological polar surface area (TPSA) is 143 Å². The van der Waals surface area contributed by atoms with Crippen LogP contribution in [0.3, 0.4) is 0 Å². The molecule has 1 amide bonds. The van der Waals surface area contributed by atoms with Crippen LogP contribution in [0.1, 0.15) is 11.1 Å². The normalized spacial score (nSPS) is 10.6. The third kappa shape index (κ3) is 7.46. The molecule has 212 valence electrons. The fourth-order valence-electron chi connectivity index (χ4n) is 4.13. The van der Waals surface area contributed by atoms with Crippen LogP contribution in [0.2, 0.25) is 0 Å². The van der Waals surface area contributed by atoms with Gasteiger partial charge in [-0.2, -0.15) is 0 Å². The standard InChI is InChI=1S/C29H30N6O6/c1-33(29(36)37)24-17-23(13-14-25(24)41-16-15-40-2)32-27-26(35(38)39)28(31-20-30-27)34(18-21-9-5-3-6-10-21)19-22-11-7-4-8-12-22/h3-14,17,20H,15-16,18-19H2,1-2H3,(H,36,37)(H,30,31,32). The lowest BCUT2D eigenvalue weighted by Gasteiger charge is -2.24. The Morgan fingerprint density at radius 3 is 2.17 bits per heavy atom. The lowest BCUT2D eigenvalue weighted by atomic mass is 10.1. The van der Waals surface area contributed by atoms with Crippen LogP contribution in [0.15, 0.2) is 85.2 Å². The summed E-state index contributed by atoms with van der Waals surface area (Å²) < 4.78 is 10.7. The predicted molar refractivity (Wildman–Crippen MR) is 155 cm³/mol. The molecule has 1 heterocycles. The number of hydrogen-bond acceptors (Lipinski definition) is 9. The minimum absolute atomic E-state index is 0.0388. The minimum Gasteiger partial charge on any atom is -0.489 e. The highest BCUT2D eigenvalue weighted by Crippen LogP contribution is 2.37. The van der Waals surface area contributed by atoms with Crippen LogP contribution in [0.25, 0.3) is 0 Å². The second kappa shape index (κ2) is 13.7. The Morgan fingerprint density at radius 2 is 1.61 bits per heavy atom. The van der Waals surface area contributed by atoms with Gasteiger partial charge in [0.2, 0.25) is 11.6 Å². The van der Waals surface area contributed by atoms with Crippen molar-refractivity contribution >= 4 is 34.8 Å². The Morgan fingerprint density at radius 1 is 0.976 bits per heavy atom. The second-order valence-electron chi connectivity index (χ2n) is 8.97. The Balaban J connectivity index is 1.72. The van der Waals surface area contributed by atoms with E-state index in [9.17, 15) is 20.0 Å². The van der Waals surface area contributed by atoms with Crippen LogP contribution in [0.4, 0.5) is 33.5 Å². The van der Waals surface area contributed by atoms with Gasteiger partial charge >= 0.3 is 11.8 Å². The molecule has 0 saturated heterocycles. The molecule has 0 unspecified atom stereocenters. The number of anilines is 4. The first kappa shape index (κ1) is 28.8. The van der Waals surface area contributed by atoms with E-state index < -0.39 is 11.0 Å². The average molecular weight is 559 g/mol. The van der Waals surface area contributed by atoms with E-state index in [0.717, 1.165) is 16.0 Å². The third-order valence-corrected chi connectivity index (χ3v) is 6.13. The molecule has 4 aromatic rings. The van der Waals surface area contributed by atoms with E-state index in [0.29, 0.717) is 31.1 Å². The summed E-state index contributed by atoms with van der Waals surface area (Å²) in [5, 5.41) is 25.0. The quantitative estimate of drug-likeness (QED) is 0.123. The molecule has 0 fully saturated rings. The van der Waals surface area contributed by atoms with E-state index in [1.165, 1.54) is 26.6 Å².